The Morgan fingerprint density at radius 1 is 1.42 bits per heavy atom. The third-order valence-corrected chi connectivity index (χ3v) is 4.05. The SMILES string of the molecule is CCCCCN(CC1Cc2nc[nH]c2CN1)C(C)C. The normalized spacial score (nSPS) is 19.1. The fourth-order valence-corrected chi connectivity index (χ4v) is 2.77. The molecule has 0 spiro atoms. The van der Waals surface area contributed by atoms with Crippen LogP contribution < -0.4 is 5.32 Å². The predicted octanol–water partition coefficient (Wildman–Crippen LogP) is 2.32. The smallest absolute Gasteiger partial charge is 0.0925 e. The van der Waals surface area contributed by atoms with E-state index in [0.717, 1.165) is 19.5 Å². The van der Waals surface area contributed by atoms with Gasteiger partial charge in [0.2, 0.25) is 0 Å². The average molecular weight is 264 g/mol. The summed E-state index contributed by atoms with van der Waals surface area (Å²) < 4.78 is 0. The summed E-state index contributed by atoms with van der Waals surface area (Å²) in [4.78, 5) is 10.2. The van der Waals surface area contributed by atoms with Gasteiger partial charge < -0.3 is 10.3 Å². The van der Waals surface area contributed by atoms with Crippen molar-refractivity contribution in [1.82, 2.24) is 20.2 Å². The van der Waals surface area contributed by atoms with E-state index in [1.165, 1.54) is 37.2 Å². The van der Waals surface area contributed by atoms with E-state index in [0.29, 0.717) is 12.1 Å². The Bertz CT molecular complexity index is 372. The minimum absolute atomic E-state index is 0.542. The van der Waals surface area contributed by atoms with Crippen LogP contribution in [-0.2, 0) is 13.0 Å². The van der Waals surface area contributed by atoms with E-state index < -0.39 is 0 Å². The summed E-state index contributed by atoms with van der Waals surface area (Å²) >= 11 is 0. The van der Waals surface area contributed by atoms with Gasteiger partial charge in [-0.05, 0) is 26.8 Å². The Morgan fingerprint density at radius 3 is 3.00 bits per heavy atom. The van der Waals surface area contributed by atoms with Gasteiger partial charge >= 0.3 is 0 Å². The number of H-pyrrole nitrogens is 1. The molecule has 2 N–H and O–H groups in total. The first-order chi connectivity index (χ1) is 9.20. The fourth-order valence-electron chi connectivity index (χ4n) is 2.77. The zero-order valence-electron chi connectivity index (χ0n) is 12.6. The van der Waals surface area contributed by atoms with Crippen LogP contribution in [0.15, 0.2) is 6.33 Å². The lowest BCUT2D eigenvalue weighted by molar-refractivity contribution is 0.189. The quantitative estimate of drug-likeness (QED) is 0.743. The lowest BCUT2D eigenvalue weighted by Crippen LogP contribution is -2.47. The molecule has 108 valence electrons. The summed E-state index contributed by atoms with van der Waals surface area (Å²) in [5, 5.41) is 3.62. The van der Waals surface area contributed by atoms with Crippen LogP contribution >= 0.6 is 0 Å². The van der Waals surface area contributed by atoms with Gasteiger partial charge in [-0.25, -0.2) is 4.98 Å². The standard InChI is InChI=1S/C15H28N4/c1-4-5-6-7-19(12(2)3)10-13-8-14-15(9-16-13)18-11-17-14/h11-13,16H,4-10H2,1-3H3,(H,17,18). The monoisotopic (exact) mass is 264 g/mol. The number of imidazole rings is 1. The molecule has 1 aliphatic rings. The van der Waals surface area contributed by atoms with Gasteiger partial charge in [-0.15, -0.1) is 0 Å². The number of hydrogen-bond acceptors (Lipinski definition) is 3. The molecule has 0 saturated carbocycles. The van der Waals surface area contributed by atoms with E-state index in [-0.39, 0.29) is 0 Å². The molecular formula is C15H28N4. The minimum atomic E-state index is 0.542. The van der Waals surface area contributed by atoms with Crippen molar-refractivity contribution in [2.75, 3.05) is 13.1 Å². The number of nitrogens with one attached hydrogen (secondary N) is 2. The number of rotatable bonds is 7. The lowest BCUT2D eigenvalue weighted by Gasteiger charge is -2.32. The molecule has 1 atom stereocenters. The molecule has 0 aromatic carbocycles. The van der Waals surface area contributed by atoms with Crippen LogP contribution in [0.2, 0.25) is 0 Å². The molecule has 2 rings (SSSR count). The Hall–Kier alpha value is -0.870. The fraction of sp³-hybridized carbons (Fsp3) is 0.800. The average Bonchev–Trinajstić information content (AvgIpc) is 2.85. The molecule has 1 aromatic heterocycles. The van der Waals surface area contributed by atoms with Gasteiger partial charge in [0.05, 0.1) is 17.7 Å². The second-order valence-electron chi connectivity index (χ2n) is 5.91. The van der Waals surface area contributed by atoms with Crippen molar-refractivity contribution in [2.45, 2.75) is 65.1 Å². The van der Waals surface area contributed by atoms with Crippen molar-refractivity contribution < 1.29 is 0 Å². The number of hydrogen-bond donors (Lipinski definition) is 2. The highest BCUT2D eigenvalue weighted by Gasteiger charge is 2.22. The van der Waals surface area contributed by atoms with Gasteiger partial charge in [-0.2, -0.15) is 0 Å². The third kappa shape index (κ3) is 4.05. The molecule has 0 bridgehead atoms. The highest BCUT2D eigenvalue weighted by atomic mass is 15.2. The summed E-state index contributed by atoms with van der Waals surface area (Å²) in [7, 11) is 0. The van der Waals surface area contributed by atoms with E-state index in [1.807, 2.05) is 6.33 Å². The summed E-state index contributed by atoms with van der Waals surface area (Å²) in [6.07, 6.45) is 6.82. The van der Waals surface area contributed by atoms with Gasteiger partial charge in [-0.1, -0.05) is 19.8 Å². The first-order valence-electron chi connectivity index (χ1n) is 7.69. The van der Waals surface area contributed by atoms with Gasteiger partial charge in [0.15, 0.2) is 0 Å². The first-order valence-corrected chi connectivity index (χ1v) is 7.69. The number of aromatic amines is 1. The zero-order chi connectivity index (χ0) is 13.7. The Morgan fingerprint density at radius 2 is 2.26 bits per heavy atom. The van der Waals surface area contributed by atoms with Gasteiger partial charge in [0.1, 0.15) is 0 Å². The van der Waals surface area contributed by atoms with Crippen molar-refractivity contribution in [3.63, 3.8) is 0 Å². The van der Waals surface area contributed by atoms with Crippen LogP contribution in [-0.4, -0.2) is 40.0 Å². The maximum Gasteiger partial charge on any atom is 0.0925 e. The molecule has 1 aliphatic heterocycles. The highest BCUT2D eigenvalue weighted by Crippen LogP contribution is 2.14. The van der Waals surface area contributed by atoms with Crippen LogP contribution in [0.5, 0.6) is 0 Å². The highest BCUT2D eigenvalue weighted by molar-refractivity contribution is 5.16. The van der Waals surface area contributed by atoms with Crippen molar-refractivity contribution in [1.29, 1.82) is 0 Å². The number of fused-ring (bicyclic) bond motifs is 1. The topological polar surface area (TPSA) is 44.0 Å². The number of unbranched alkanes of at least 4 members (excludes halogenated alkanes) is 2. The largest absolute Gasteiger partial charge is 0.347 e. The first kappa shape index (κ1) is 14.5. The van der Waals surface area contributed by atoms with Crippen LogP contribution in [0.1, 0.15) is 51.4 Å². The van der Waals surface area contributed by atoms with E-state index >= 15 is 0 Å². The molecule has 0 saturated heterocycles. The predicted molar refractivity (Wildman–Crippen MR) is 79.2 cm³/mol. The molecule has 0 radical (unpaired) electrons. The Kier molecular flexibility index (Phi) is 5.40. The molecule has 0 fully saturated rings. The molecule has 2 heterocycles. The van der Waals surface area contributed by atoms with Crippen molar-refractivity contribution in [3.8, 4) is 0 Å². The van der Waals surface area contributed by atoms with Crippen molar-refractivity contribution >= 4 is 0 Å². The van der Waals surface area contributed by atoms with Crippen molar-refractivity contribution in [2.24, 2.45) is 0 Å². The molecule has 1 unspecified atom stereocenters. The maximum absolute atomic E-state index is 4.42. The lowest BCUT2D eigenvalue weighted by atomic mass is 10.0. The molecular weight excluding hydrogens is 236 g/mol. The second-order valence-corrected chi connectivity index (χ2v) is 5.91. The molecule has 0 amide bonds. The van der Waals surface area contributed by atoms with E-state index in [1.54, 1.807) is 0 Å². The summed E-state index contributed by atoms with van der Waals surface area (Å²) in [5.41, 5.74) is 2.51. The van der Waals surface area contributed by atoms with Crippen LogP contribution in [0.4, 0.5) is 0 Å². The molecule has 0 aliphatic carbocycles. The molecule has 4 nitrogen and oxygen atoms in total. The Balaban J connectivity index is 1.84. The van der Waals surface area contributed by atoms with E-state index in [9.17, 15) is 0 Å². The summed E-state index contributed by atoms with van der Waals surface area (Å²) in [5.74, 6) is 0. The number of nitrogens with zero attached hydrogens (tertiary/aromatic N) is 2. The van der Waals surface area contributed by atoms with Crippen molar-refractivity contribution in [3.05, 3.63) is 17.7 Å². The van der Waals surface area contributed by atoms with E-state index in [4.69, 9.17) is 0 Å². The van der Waals surface area contributed by atoms with Gasteiger partial charge in [-0.3, -0.25) is 4.90 Å². The zero-order valence-corrected chi connectivity index (χ0v) is 12.6. The molecule has 19 heavy (non-hydrogen) atoms. The molecule has 1 aromatic rings. The Labute approximate surface area is 117 Å². The summed E-state index contributed by atoms with van der Waals surface area (Å²) in [6.45, 7) is 10.1. The number of aromatic nitrogens is 2. The minimum Gasteiger partial charge on any atom is -0.347 e. The van der Waals surface area contributed by atoms with Crippen LogP contribution in [0.3, 0.4) is 0 Å². The van der Waals surface area contributed by atoms with E-state index in [2.05, 4.69) is 41.0 Å². The summed E-state index contributed by atoms with van der Waals surface area (Å²) in [6, 6.07) is 1.17. The van der Waals surface area contributed by atoms with Crippen LogP contribution in [0, 0.1) is 0 Å². The van der Waals surface area contributed by atoms with Crippen LogP contribution in [0.25, 0.3) is 0 Å². The molecule has 4 heteroatoms. The second kappa shape index (κ2) is 7.06. The maximum atomic E-state index is 4.42. The third-order valence-electron chi connectivity index (χ3n) is 4.05. The van der Waals surface area contributed by atoms with Gasteiger partial charge in [0.25, 0.3) is 0 Å². The van der Waals surface area contributed by atoms with Gasteiger partial charge in [0, 0.05) is 31.6 Å².